The van der Waals surface area contributed by atoms with E-state index in [0.717, 1.165) is 38.0 Å². The van der Waals surface area contributed by atoms with Crippen LogP contribution in [0.2, 0.25) is 0 Å². The molecule has 1 fully saturated rings. The second-order valence-electron chi connectivity index (χ2n) is 9.42. The lowest BCUT2D eigenvalue weighted by molar-refractivity contribution is -0.130. The van der Waals surface area contributed by atoms with Gasteiger partial charge in [-0.15, -0.1) is 0 Å². The molecule has 1 aliphatic rings. The molecule has 184 valence electrons. The van der Waals surface area contributed by atoms with Gasteiger partial charge in [-0.05, 0) is 37.8 Å². The van der Waals surface area contributed by atoms with Crippen LogP contribution in [0.4, 0.5) is 11.8 Å². The molecule has 2 aromatic carbocycles. The molecule has 2 N–H and O–H groups in total. The topological polar surface area (TPSA) is 73.4 Å². The van der Waals surface area contributed by atoms with Crippen molar-refractivity contribution in [1.82, 2.24) is 19.8 Å². The van der Waals surface area contributed by atoms with Crippen LogP contribution in [0, 0.1) is 13.8 Å². The molecule has 2 heterocycles. The number of carbonyl (C=O) groups excluding carboxylic acids is 1. The SMILES string of the molecule is Cc1ccc(CNc2ncc(C)c(NCC(=O)N(C)C3CCN(Cc4ccccc4)CC3)n2)cc1. The Kier molecular flexibility index (Phi) is 8.32. The summed E-state index contributed by atoms with van der Waals surface area (Å²) >= 11 is 0. The second kappa shape index (κ2) is 11.8. The van der Waals surface area contributed by atoms with E-state index in [4.69, 9.17) is 0 Å². The third-order valence-corrected chi connectivity index (χ3v) is 6.70. The van der Waals surface area contributed by atoms with Gasteiger partial charge >= 0.3 is 0 Å². The highest BCUT2D eigenvalue weighted by Crippen LogP contribution is 2.18. The lowest BCUT2D eigenvalue weighted by Crippen LogP contribution is -2.46. The van der Waals surface area contributed by atoms with E-state index in [1.165, 1.54) is 16.7 Å². The highest BCUT2D eigenvalue weighted by atomic mass is 16.2. The minimum Gasteiger partial charge on any atom is -0.361 e. The minimum absolute atomic E-state index is 0.0821. The molecule has 35 heavy (non-hydrogen) atoms. The fraction of sp³-hybridized carbons (Fsp3) is 0.393. The number of nitrogens with zero attached hydrogens (tertiary/aromatic N) is 4. The number of aryl methyl sites for hydroxylation is 2. The lowest BCUT2D eigenvalue weighted by atomic mass is 10.0. The average Bonchev–Trinajstić information content (AvgIpc) is 2.89. The molecule has 0 radical (unpaired) electrons. The van der Waals surface area contributed by atoms with Crippen molar-refractivity contribution in [3.05, 3.63) is 83.0 Å². The molecule has 0 bridgehead atoms. The van der Waals surface area contributed by atoms with E-state index in [-0.39, 0.29) is 18.5 Å². The lowest BCUT2D eigenvalue weighted by Gasteiger charge is -2.36. The molecule has 1 saturated heterocycles. The van der Waals surface area contributed by atoms with Gasteiger partial charge in [0.15, 0.2) is 0 Å². The van der Waals surface area contributed by atoms with Gasteiger partial charge in [-0.25, -0.2) is 4.98 Å². The summed E-state index contributed by atoms with van der Waals surface area (Å²) in [5.41, 5.74) is 4.66. The zero-order chi connectivity index (χ0) is 24.6. The number of aromatic nitrogens is 2. The van der Waals surface area contributed by atoms with E-state index in [1.54, 1.807) is 6.20 Å². The first-order chi connectivity index (χ1) is 17.0. The van der Waals surface area contributed by atoms with Crippen LogP contribution >= 0.6 is 0 Å². The molecular weight excluding hydrogens is 436 g/mol. The number of rotatable bonds is 9. The van der Waals surface area contributed by atoms with Crippen LogP contribution in [0.5, 0.6) is 0 Å². The van der Waals surface area contributed by atoms with Crippen LogP contribution in [0.25, 0.3) is 0 Å². The average molecular weight is 473 g/mol. The Labute approximate surface area is 208 Å². The van der Waals surface area contributed by atoms with E-state index in [9.17, 15) is 4.79 Å². The Morgan fingerprint density at radius 3 is 2.43 bits per heavy atom. The number of hydrogen-bond acceptors (Lipinski definition) is 6. The zero-order valence-electron chi connectivity index (χ0n) is 21.0. The molecular formula is C28H36N6O. The van der Waals surface area contributed by atoms with Crippen LogP contribution in [0.3, 0.4) is 0 Å². The van der Waals surface area contributed by atoms with Crippen LogP contribution in [-0.2, 0) is 17.9 Å². The fourth-order valence-corrected chi connectivity index (χ4v) is 4.39. The van der Waals surface area contributed by atoms with Gasteiger partial charge in [-0.1, -0.05) is 60.2 Å². The number of nitrogens with one attached hydrogen (secondary N) is 2. The van der Waals surface area contributed by atoms with Crippen LogP contribution in [-0.4, -0.2) is 58.4 Å². The van der Waals surface area contributed by atoms with E-state index >= 15 is 0 Å². The molecule has 4 rings (SSSR count). The normalized spacial score (nSPS) is 14.5. The number of amides is 1. The van der Waals surface area contributed by atoms with Gasteiger partial charge in [-0.2, -0.15) is 4.98 Å². The summed E-state index contributed by atoms with van der Waals surface area (Å²) in [4.78, 5) is 26.3. The van der Waals surface area contributed by atoms with Crippen molar-refractivity contribution in [3.63, 3.8) is 0 Å². The molecule has 1 aromatic heterocycles. The summed E-state index contributed by atoms with van der Waals surface area (Å²) in [5.74, 6) is 1.31. The predicted molar refractivity (Wildman–Crippen MR) is 141 cm³/mol. The molecule has 3 aromatic rings. The van der Waals surface area contributed by atoms with Crippen molar-refractivity contribution in [3.8, 4) is 0 Å². The van der Waals surface area contributed by atoms with E-state index in [2.05, 4.69) is 87.0 Å². The Bertz CT molecular complexity index is 1090. The summed E-state index contributed by atoms with van der Waals surface area (Å²) in [6, 6.07) is 19.2. The molecule has 0 unspecified atom stereocenters. The van der Waals surface area contributed by atoms with E-state index in [0.29, 0.717) is 18.3 Å². The van der Waals surface area contributed by atoms with Gasteiger partial charge in [0.1, 0.15) is 5.82 Å². The summed E-state index contributed by atoms with van der Waals surface area (Å²) in [7, 11) is 1.92. The summed E-state index contributed by atoms with van der Waals surface area (Å²) in [6.45, 7) is 7.87. The van der Waals surface area contributed by atoms with Gasteiger partial charge < -0.3 is 15.5 Å². The smallest absolute Gasteiger partial charge is 0.241 e. The zero-order valence-corrected chi connectivity index (χ0v) is 21.0. The van der Waals surface area contributed by atoms with Gasteiger partial charge in [0, 0.05) is 51.0 Å². The van der Waals surface area contributed by atoms with Crippen LogP contribution in [0.1, 0.15) is 35.1 Å². The maximum absolute atomic E-state index is 12.9. The van der Waals surface area contributed by atoms with Gasteiger partial charge in [0.05, 0.1) is 6.54 Å². The number of carbonyl (C=O) groups is 1. The van der Waals surface area contributed by atoms with Crippen LogP contribution in [0.15, 0.2) is 60.8 Å². The molecule has 0 atom stereocenters. The predicted octanol–water partition coefficient (Wildman–Crippen LogP) is 4.24. The third-order valence-electron chi connectivity index (χ3n) is 6.70. The Morgan fingerprint density at radius 2 is 1.71 bits per heavy atom. The monoisotopic (exact) mass is 472 g/mol. The first-order valence-electron chi connectivity index (χ1n) is 12.4. The highest BCUT2D eigenvalue weighted by Gasteiger charge is 2.25. The van der Waals surface area contributed by atoms with Crippen molar-refractivity contribution >= 4 is 17.7 Å². The van der Waals surface area contributed by atoms with Crippen molar-refractivity contribution in [2.45, 2.75) is 45.8 Å². The van der Waals surface area contributed by atoms with Crippen molar-refractivity contribution < 1.29 is 4.79 Å². The quantitative estimate of drug-likeness (QED) is 0.485. The molecule has 0 saturated carbocycles. The fourth-order valence-electron chi connectivity index (χ4n) is 4.39. The van der Waals surface area contributed by atoms with Crippen molar-refractivity contribution in [2.75, 3.05) is 37.3 Å². The molecule has 1 aliphatic heterocycles. The summed E-state index contributed by atoms with van der Waals surface area (Å²) in [6.07, 6.45) is 3.77. The molecule has 7 heteroatoms. The molecule has 0 spiro atoms. The Balaban J connectivity index is 1.24. The number of likely N-dealkylation sites (tertiary alicyclic amines) is 1. The maximum Gasteiger partial charge on any atom is 0.241 e. The van der Waals surface area contributed by atoms with Crippen molar-refractivity contribution in [1.29, 1.82) is 0 Å². The van der Waals surface area contributed by atoms with E-state index in [1.807, 2.05) is 18.9 Å². The Morgan fingerprint density at radius 1 is 1.00 bits per heavy atom. The highest BCUT2D eigenvalue weighted by molar-refractivity contribution is 5.80. The first-order valence-corrected chi connectivity index (χ1v) is 12.4. The number of piperidine rings is 1. The minimum atomic E-state index is 0.0821. The number of benzene rings is 2. The molecule has 1 amide bonds. The summed E-state index contributed by atoms with van der Waals surface area (Å²) in [5, 5.41) is 6.50. The number of likely N-dealkylation sites (N-methyl/N-ethyl adjacent to an activating group) is 1. The number of hydrogen-bond donors (Lipinski definition) is 2. The molecule has 7 nitrogen and oxygen atoms in total. The summed E-state index contributed by atoms with van der Waals surface area (Å²) < 4.78 is 0. The first kappa shape index (κ1) is 24.7. The van der Waals surface area contributed by atoms with Crippen LogP contribution < -0.4 is 10.6 Å². The maximum atomic E-state index is 12.9. The van der Waals surface area contributed by atoms with Gasteiger partial charge in [0.25, 0.3) is 0 Å². The third kappa shape index (κ3) is 7.02. The van der Waals surface area contributed by atoms with Gasteiger partial charge in [0.2, 0.25) is 11.9 Å². The standard InChI is InChI=1S/C28H36N6O/c1-21-9-11-23(12-10-21)18-31-28-30-17-22(2)27(32-28)29-19-26(35)33(3)25-13-15-34(16-14-25)20-24-7-5-4-6-8-24/h4-12,17,25H,13-16,18-20H2,1-3H3,(H2,29,30,31,32). The van der Waals surface area contributed by atoms with E-state index < -0.39 is 0 Å². The second-order valence-corrected chi connectivity index (χ2v) is 9.42. The largest absolute Gasteiger partial charge is 0.361 e. The Hall–Kier alpha value is -3.45. The van der Waals surface area contributed by atoms with Gasteiger partial charge in [-0.3, -0.25) is 9.69 Å². The van der Waals surface area contributed by atoms with Crippen molar-refractivity contribution in [2.24, 2.45) is 0 Å². The molecule has 0 aliphatic carbocycles. The number of anilines is 2.